The highest BCUT2D eigenvalue weighted by atomic mass is 32.2. The van der Waals surface area contributed by atoms with Crippen molar-refractivity contribution >= 4 is 23.6 Å². The Morgan fingerprint density at radius 3 is 2.84 bits per heavy atom. The maximum absolute atomic E-state index is 12.0. The van der Waals surface area contributed by atoms with Crippen molar-refractivity contribution in [2.24, 2.45) is 0 Å². The Hall–Kier alpha value is -1.43. The summed E-state index contributed by atoms with van der Waals surface area (Å²) in [4.78, 5) is 25.4. The molecule has 0 unspecified atom stereocenters. The van der Waals surface area contributed by atoms with E-state index in [1.807, 2.05) is 18.7 Å². The van der Waals surface area contributed by atoms with Gasteiger partial charge in [0, 0.05) is 37.5 Å². The lowest BCUT2D eigenvalue weighted by Crippen LogP contribution is -2.19. The van der Waals surface area contributed by atoms with Crippen LogP contribution in [0.25, 0.3) is 0 Å². The third kappa shape index (κ3) is 2.94. The fraction of sp³-hybridized carbons (Fsp3) is 0.538. The standard InChI is InChI=1S/C13H18N2O3S/c1-8(2)18-13(17)10-4-5-15-9(6-11(16)14-3)7-19-12(10)15/h6,8H,4-5,7H2,1-3H3,(H,14,16)/b9-6+. The van der Waals surface area contributed by atoms with Crippen molar-refractivity contribution in [1.29, 1.82) is 0 Å². The van der Waals surface area contributed by atoms with E-state index in [9.17, 15) is 9.59 Å². The quantitative estimate of drug-likeness (QED) is 0.623. The predicted molar refractivity (Wildman–Crippen MR) is 74.2 cm³/mol. The van der Waals surface area contributed by atoms with Gasteiger partial charge in [-0.15, -0.1) is 11.8 Å². The summed E-state index contributed by atoms with van der Waals surface area (Å²) >= 11 is 1.59. The monoisotopic (exact) mass is 282 g/mol. The van der Waals surface area contributed by atoms with Crippen LogP contribution in [0, 0.1) is 0 Å². The number of likely N-dealkylation sites (N-methyl/N-ethyl adjacent to an activating group) is 1. The van der Waals surface area contributed by atoms with Crippen LogP contribution >= 0.6 is 11.8 Å². The minimum atomic E-state index is -0.235. The molecule has 2 aliphatic heterocycles. The second kappa shape index (κ2) is 5.69. The molecule has 1 fully saturated rings. The summed E-state index contributed by atoms with van der Waals surface area (Å²) in [6, 6.07) is 0. The molecule has 0 aromatic carbocycles. The van der Waals surface area contributed by atoms with E-state index in [1.54, 1.807) is 24.9 Å². The second-order valence-electron chi connectivity index (χ2n) is 4.68. The van der Waals surface area contributed by atoms with Crippen molar-refractivity contribution in [3.8, 4) is 0 Å². The molecule has 2 aliphatic rings. The SMILES string of the molecule is CNC(=O)/C=C1\CSC2=C(C(=O)OC(C)C)CCN21. The molecular formula is C13H18N2O3S. The number of esters is 1. The molecule has 6 heteroatoms. The Bertz CT molecular complexity index is 469. The predicted octanol–water partition coefficient (Wildman–Crippen LogP) is 1.23. The molecule has 19 heavy (non-hydrogen) atoms. The molecule has 5 nitrogen and oxygen atoms in total. The van der Waals surface area contributed by atoms with Crippen LogP contribution in [0.5, 0.6) is 0 Å². The first-order valence-electron chi connectivity index (χ1n) is 6.29. The minimum Gasteiger partial charge on any atom is -0.460 e. The van der Waals surface area contributed by atoms with Crippen molar-refractivity contribution in [3.05, 3.63) is 22.4 Å². The zero-order valence-corrected chi connectivity index (χ0v) is 12.2. The number of carbonyl (C=O) groups excluding carboxylic acids is 2. The van der Waals surface area contributed by atoms with Gasteiger partial charge in [-0.1, -0.05) is 0 Å². The third-order valence-electron chi connectivity index (χ3n) is 2.93. The fourth-order valence-electron chi connectivity index (χ4n) is 2.07. The van der Waals surface area contributed by atoms with Gasteiger partial charge in [-0.25, -0.2) is 4.79 Å². The Balaban J connectivity index is 2.16. The molecule has 0 aromatic heterocycles. The Kier molecular flexibility index (Phi) is 4.19. The summed E-state index contributed by atoms with van der Waals surface area (Å²) in [5.74, 6) is 0.373. The van der Waals surface area contributed by atoms with Gasteiger partial charge in [-0.2, -0.15) is 0 Å². The van der Waals surface area contributed by atoms with Crippen LogP contribution < -0.4 is 5.32 Å². The average Bonchev–Trinajstić information content (AvgIpc) is 2.90. The normalized spacial score (nSPS) is 20.2. The summed E-state index contributed by atoms with van der Waals surface area (Å²) in [6.07, 6.45) is 2.16. The molecule has 1 saturated heterocycles. The number of fused-ring (bicyclic) bond motifs is 1. The summed E-state index contributed by atoms with van der Waals surface area (Å²) in [7, 11) is 1.60. The topological polar surface area (TPSA) is 58.6 Å². The molecule has 0 atom stereocenters. The van der Waals surface area contributed by atoms with Gasteiger partial charge in [0.2, 0.25) is 5.91 Å². The molecule has 2 heterocycles. The Morgan fingerprint density at radius 1 is 1.47 bits per heavy atom. The highest BCUT2D eigenvalue weighted by Crippen LogP contribution is 2.42. The van der Waals surface area contributed by atoms with Gasteiger partial charge >= 0.3 is 5.97 Å². The number of thioether (sulfide) groups is 1. The number of nitrogens with zero attached hydrogens (tertiary/aromatic N) is 1. The first kappa shape index (κ1) is 14.0. The summed E-state index contributed by atoms with van der Waals surface area (Å²) in [6.45, 7) is 4.43. The zero-order chi connectivity index (χ0) is 14.0. The maximum Gasteiger partial charge on any atom is 0.336 e. The van der Waals surface area contributed by atoms with Crippen LogP contribution in [0.2, 0.25) is 0 Å². The lowest BCUT2D eigenvalue weighted by molar-refractivity contribution is -0.142. The number of rotatable bonds is 3. The van der Waals surface area contributed by atoms with Crippen LogP contribution in [0.1, 0.15) is 20.3 Å². The van der Waals surface area contributed by atoms with Gasteiger partial charge in [-0.05, 0) is 13.8 Å². The van der Waals surface area contributed by atoms with E-state index in [1.165, 1.54) is 0 Å². The molecule has 1 N–H and O–H groups in total. The van der Waals surface area contributed by atoms with E-state index in [2.05, 4.69) is 5.32 Å². The molecule has 0 bridgehead atoms. The van der Waals surface area contributed by atoms with Gasteiger partial charge < -0.3 is 15.0 Å². The van der Waals surface area contributed by atoms with E-state index in [0.717, 1.165) is 28.6 Å². The van der Waals surface area contributed by atoms with Crippen molar-refractivity contribution in [2.45, 2.75) is 26.4 Å². The first-order valence-corrected chi connectivity index (χ1v) is 7.28. The van der Waals surface area contributed by atoms with Crippen molar-refractivity contribution in [3.63, 3.8) is 0 Å². The molecule has 1 amide bonds. The third-order valence-corrected chi connectivity index (χ3v) is 4.11. The maximum atomic E-state index is 12.0. The summed E-state index contributed by atoms with van der Waals surface area (Å²) < 4.78 is 5.24. The van der Waals surface area contributed by atoms with Gasteiger partial charge in [0.15, 0.2) is 0 Å². The molecule has 0 spiro atoms. The van der Waals surface area contributed by atoms with Crippen molar-refractivity contribution in [2.75, 3.05) is 19.3 Å². The molecule has 0 aromatic rings. The number of amides is 1. The molecule has 0 saturated carbocycles. The van der Waals surface area contributed by atoms with E-state index in [-0.39, 0.29) is 18.0 Å². The second-order valence-corrected chi connectivity index (χ2v) is 5.64. The fourth-order valence-corrected chi connectivity index (χ4v) is 3.32. The average molecular weight is 282 g/mol. The van der Waals surface area contributed by atoms with Gasteiger partial charge in [0.1, 0.15) is 0 Å². The van der Waals surface area contributed by atoms with E-state index < -0.39 is 0 Å². The summed E-state index contributed by atoms with van der Waals surface area (Å²) in [5, 5.41) is 3.52. The van der Waals surface area contributed by atoms with Crippen molar-refractivity contribution < 1.29 is 14.3 Å². The molecule has 0 aliphatic carbocycles. The first-order chi connectivity index (χ1) is 9.02. The smallest absolute Gasteiger partial charge is 0.336 e. The minimum absolute atomic E-state index is 0.109. The molecular weight excluding hydrogens is 264 g/mol. The number of nitrogens with one attached hydrogen (secondary N) is 1. The Labute approximate surface area is 117 Å². The Morgan fingerprint density at radius 2 is 2.21 bits per heavy atom. The molecule has 0 radical (unpaired) electrons. The van der Waals surface area contributed by atoms with Crippen LogP contribution in [-0.2, 0) is 14.3 Å². The number of carbonyl (C=O) groups is 2. The van der Waals surface area contributed by atoms with Crippen molar-refractivity contribution in [1.82, 2.24) is 10.2 Å². The largest absolute Gasteiger partial charge is 0.460 e. The van der Waals surface area contributed by atoms with E-state index in [0.29, 0.717) is 6.42 Å². The molecule has 2 rings (SSSR count). The summed E-state index contributed by atoms with van der Waals surface area (Å²) in [5.41, 5.74) is 1.69. The van der Waals surface area contributed by atoms with E-state index in [4.69, 9.17) is 4.74 Å². The highest BCUT2D eigenvalue weighted by Gasteiger charge is 2.35. The van der Waals surface area contributed by atoms with Crippen LogP contribution in [0.3, 0.4) is 0 Å². The lowest BCUT2D eigenvalue weighted by atomic mass is 10.2. The van der Waals surface area contributed by atoms with Gasteiger partial charge in [0.25, 0.3) is 0 Å². The number of hydrogen-bond donors (Lipinski definition) is 1. The number of hydrogen-bond acceptors (Lipinski definition) is 5. The van der Waals surface area contributed by atoms with Gasteiger partial charge in [-0.3, -0.25) is 4.79 Å². The van der Waals surface area contributed by atoms with E-state index >= 15 is 0 Å². The van der Waals surface area contributed by atoms with Gasteiger partial charge in [0.05, 0.1) is 16.7 Å². The van der Waals surface area contributed by atoms with Crippen LogP contribution in [-0.4, -0.2) is 42.2 Å². The molecule has 104 valence electrons. The number of ether oxygens (including phenoxy) is 1. The van der Waals surface area contributed by atoms with Crippen LogP contribution in [0.15, 0.2) is 22.4 Å². The van der Waals surface area contributed by atoms with Crippen LogP contribution in [0.4, 0.5) is 0 Å². The highest BCUT2D eigenvalue weighted by molar-refractivity contribution is 8.03. The lowest BCUT2D eigenvalue weighted by Gasteiger charge is -2.14. The zero-order valence-electron chi connectivity index (χ0n) is 11.4.